The lowest BCUT2D eigenvalue weighted by Crippen LogP contribution is -2.36. The quantitative estimate of drug-likeness (QED) is 0.711. The van der Waals surface area contributed by atoms with Gasteiger partial charge in [0, 0.05) is 42.8 Å². The fraction of sp³-hybridized carbons (Fsp3) is 0.368. The molecule has 138 valence electrons. The van der Waals surface area contributed by atoms with Crippen molar-refractivity contribution >= 4 is 5.91 Å². The normalized spacial score (nSPS) is 16.4. The molecule has 0 unspecified atom stereocenters. The summed E-state index contributed by atoms with van der Waals surface area (Å²) in [7, 11) is 1.89. The maximum Gasteiger partial charge on any atom is 0.278 e. The highest BCUT2D eigenvalue weighted by Gasteiger charge is 2.32. The van der Waals surface area contributed by atoms with Crippen molar-refractivity contribution in [1.82, 2.24) is 24.8 Å². The summed E-state index contributed by atoms with van der Waals surface area (Å²) < 4.78 is 20.4. The van der Waals surface area contributed by atoms with E-state index in [0.29, 0.717) is 42.6 Å². The topological polar surface area (TPSA) is 77.1 Å². The number of hydrogen-bond acceptors (Lipinski definition) is 5. The van der Waals surface area contributed by atoms with E-state index in [1.807, 2.05) is 11.7 Å². The number of nitrogens with zero attached hydrogens (tertiary/aromatic N) is 5. The predicted octanol–water partition coefficient (Wildman–Crippen LogP) is 2.69. The zero-order valence-corrected chi connectivity index (χ0v) is 14.9. The number of fused-ring (bicyclic) bond motifs is 1. The van der Waals surface area contributed by atoms with Gasteiger partial charge in [0.05, 0.1) is 6.54 Å². The monoisotopic (exact) mass is 367 g/mol. The Balaban J connectivity index is 1.45. The van der Waals surface area contributed by atoms with Gasteiger partial charge in [-0.3, -0.25) is 9.48 Å². The highest BCUT2D eigenvalue weighted by atomic mass is 19.1. The fourth-order valence-electron chi connectivity index (χ4n) is 3.55. The zero-order chi connectivity index (χ0) is 18.5. The van der Waals surface area contributed by atoms with E-state index in [9.17, 15) is 9.18 Å². The molecule has 2 aliphatic rings. The van der Waals surface area contributed by atoms with Gasteiger partial charge in [-0.05, 0) is 37.1 Å². The molecule has 27 heavy (non-hydrogen) atoms. The Morgan fingerprint density at radius 1 is 1.26 bits per heavy atom. The molecular formula is C19H18FN5O2. The zero-order valence-electron chi connectivity index (χ0n) is 14.9. The molecule has 1 aliphatic heterocycles. The summed E-state index contributed by atoms with van der Waals surface area (Å²) in [6.07, 6.45) is 2.88. The summed E-state index contributed by atoms with van der Waals surface area (Å²) in [5, 5.41) is 8.64. The van der Waals surface area contributed by atoms with Crippen molar-refractivity contribution in [2.24, 2.45) is 7.05 Å². The molecule has 8 heteroatoms. The Bertz CT molecular complexity index is 1020. The van der Waals surface area contributed by atoms with Gasteiger partial charge >= 0.3 is 0 Å². The van der Waals surface area contributed by atoms with Crippen molar-refractivity contribution in [2.45, 2.75) is 31.7 Å². The summed E-state index contributed by atoms with van der Waals surface area (Å²) in [6, 6.07) is 5.63. The first-order valence-corrected chi connectivity index (χ1v) is 9.03. The number of carbonyl (C=O) groups excluding carboxylic acids is 1. The number of aryl methyl sites for hydroxylation is 1. The van der Waals surface area contributed by atoms with Crippen molar-refractivity contribution in [3.05, 3.63) is 52.7 Å². The average Bonchev–Trinajstić information content (AvgIpc) is 3.33. The van der Waals surface area contributed by atoms with Crippen LogP contribution < -0.4 is 0 Å². The van der Waals surface area contributed by atoms with E-state index in [-0.39, 0.29) is 11.7 Å². The maximum atomic E-state index is 13.1. The summed E-state index contributed by atoms with van der Waals surface area (Å²) in [6.45, 7) is 0.995. The second kappa shape index (κ2) is 6.00. The van der Waals surface area contributed by atoms with Crippen LogP contribution in [0.5, 0.6) is 0 Å². The second-order valence-electron chi connectivity index (χ2n) is 7.11. The molecule has 7 nitrogen and oxygen atoms in total. The first-order valence-electron chi connectivity index (χ1n) is 9.03. The van der Waals surface area contributed by atoms with E-state index in [1.54, 1.807) is 4.90 Å². The minimum absolute atomic E-state index is 0.125. The number of carbonyl (C=O) groups is 1. The van der Waals surface area contributed by atoms with Crippen molar-refractivity contribution < 1.29 is 13.7 Å². The van der Waals surface area contributed by atoms with Gasteiger partial charge in [0.2, 0.25) is 0 Å². The average molecular weight is 367 g/mol. The summed E-state index contributed by atoms with van der Waals surface area (Å²) in [5.41, 5.74) is 3.12. The third-order valence-electron chi connectivity index (χ3n) is 5.21. The Hall–Kier alpha value is -3.03. The van der Waals surface area contributed by atoms with Crippen LogP contribution in [0.25, 0.3) is 11.6 Å². The van der Waals surface area contributed by atoms with E-state index >= 15 is 0 Å². The molecule has 3 aromatic rings. The fourth-order valence-corrected chi connectivity index (χ4v) is 3.55. The molecule has 1 fully saturated rings. The number of benzene rings is 1. The van der Waals surface area contributed by atoms with Crippen LogP contribution >= 0.6 is 0 Å². The van der Waals surface area contributed by atoms with Gasteiger partial charge in [-0.15, -0.1) is 0 Å². The number of halogens is 1. The van der Waals surface area contributed by atoms with E-state index in [0.717, 1.165) is 29.9 Å². The molecule has 0 N–H and O–H groups in total. The first kappa shape index (κ1) is 16.2. The van der Waals surface area contributed by atoms with Crippen molar-refractivity contribution in [2.75, 3.05) is 6.54 Å². The molecule has 2 aromatic heterocycles. The lowest BCUT2D eigenvalue weighted by atomic mass is 10.0. The Morgan fingerprint density at radius 2 is 2.04 bits per heavy atom. The highest BCUT2D eigenvalue weighted by Crippen LogP contribution is 2.39. The maximum absolute atomic E-state index is 13.1. The molecule has 0 radical (unpaired) electrons. The van der Waals surface area contributed by atoms with E-state index in [2.05, 4.69) is 15.2 Å². The van der Waals surface area contributed by atoms with Gasteiger partial charge in [-0.25, -0.2) is 4.39 Å². The van der Waals surface area contributed by atoms with Gasteiger partial charge < -0.3 is 9.42 Å². The molecule has 3 heterocycles. The van der Waals surface area contributed by atoms with Gasteiger partial charge in [0.15, 0.2) is 11.5 Å². The molecule has 0 saturated heterocycles. The molecule has 0 spiro atoms. The smallest absolute Gasteiger partial charge is 0.278 e. The molecule has 1 saturated carbocycles. The molecule has 0 bridgehead atoms. The van der Waals surface area contributed by atoms with Crippen LogP contribution in [0, 0.1) is 5.82 Å². The minimum Gasteiger partial charge on any atom is -0.334 e. The molecule has 1 aromatic carbocycles. The van der Waals surface area contributed by atoms with E-state index in [4.69, 9.17) is 4.52 Å². The Kier molecular flexibility index (Phi) is 3.60. The Labute approximate surface area is 154 Å². The van der Waals surface area contributed by atoms with Crippen LogP contribution in [0.15, 0.2) is 28.8 Å². The van der Waals surface area contributed by atoms with Gasteiger partial charge in [0.25, 0.3) is 11.8 Å². The van der Waals surface area contributed by atoms with Crippen LogP contribution in [-0.2, 0) is 20.0 Å². The Morgan fingerprint density at radius 3 is 2.78 bits per heavy atom. The van der Waals surface area contributed by atoms with E-state index in [1.165, 1.54) is 24.3 Å². The number of rotatable bonds is 3. The number of aromatic nitrogens is 4. The number of hydrogen-bond donors (Lipinski definition) is 0. The third kappa shape index (κ3) is 2.81. The lowest BCUT2D eigenvalue weighted by molar-refractivity contribution is 0.0733. The van der Waals surface area contributed by atoms with E-state index < -0.39 is 0 Å². The predicted molar refractivity (Wildman–Crippen MR) is 93.3 cm³/mol. The van der Waals surface area contributed by atoms with Gasteiger partial charge in [-0.1, -0.05) is 5.16 Å². The summed E-state index contributed by atoms with van der Waals surface area (Å²) in [5.74, 6) is 1.06. The van der Waals surface area contributed by atoms with Crippen molar-refractivity contribution in [3.63, 3.8) is 0 Å². The molecular weight excluding hydrogens is 349 g/mol. The molecule has 5 rings (SSSR count). The van der Waals surface area contributed by atoms with Crippen LogP contribution in [-0.4, -0.2) is 37.3 Å². The first-order chi connectivity index (χ1) is 13.1. The van der Waals surface area contributed by atoms with Crippen molar-refractivity contribution in [1.29, 1.82) is 0 Å². The third-order valence-corrected chi connectivity index (χ3v) is 5.21. The van der Waals surface area contributed by atoms with Crippen LogP contribution in [0.3, 0.4) is 0 Å². The summed E-state index contributed by atoms with van der Waals surface area (Å²) >= 11 is 0. The molecule has 1 aliphatic carbocycles. The minimum atomic E-state index is -0.357. The number of amides is 1. The van der Waals surface area contributed by atoms with Gasteiger partial charge in [-0.2, -0.15) is 10.1 Å². The molecule has 0 atom stereocenters. The SMILES string of the molecule is Cn1nc(-c2nc(C3CC3)no2)c2c1CCN(C(=O)c1ccc(F)cc1)C2. The van der Waals surface area contributed by atoms with Gasteiger partial charge in [0.1, 0.15) is 5.82 Å². The van der Waals surface area contributed by atoms with Crippen LogP contribution in [0.1, 0.15) is 46.2 Å². The summed E-state index contributed by atoms with van der Waals surface area (Å²) in [4.78, 5) is 19.1. The standard InChI is InChI=1S/C19H18FN5O2/c1-24-15-8-9-25(19(26)12-4-6-13(20)7-5-12)10-14(15)16(22-24)18-21-17(23-27-18)11-2-3-11/h4-7,11H,2-3,8-10H2,1H3. The second-order valence-corrected chi connectivity index (χ2v) is 7.11. The van der Waals surface area contributed by atoms with Crippen LogP contribution in [0.4, 0.5) is 4.39 Å². The highest BCUT2D eigenvalue weighted by molar-refractivity contribution is 5.94. The lowest BCUT2D eigenvalue weighted by Gasteiger charge is -2.27. The largest absolute Gasteiger partial charge is 0.334 e. The van der Waals surface area contributed by atoms with Crippen LogP contribution in [0.2, 0.25) is 0 Å². The molecule has 1 amide bonds. The van der Waals surface area contributed by atoms with Crippen molar-refractivity contribution in [3.8, 4) is 11.6 Å².